The van der Waals surface area contributed by atoms with E-state index in [1.165, 1.54) is 0 Å². The van der Waals surface area contributed by atoms with Gasteiger partial charge in [-0.1, -0.05) is 6.92 Å². The van der Waals surface area contributed by atoms with E-state index >= 15 is 0 Å². The molecule has 1 rings (SSSR count). The molecule has 14 heavy (non-hydrogen) atoms. The minimum atomic E-state index is -0.741. The van der Waals surface area contributed by atoms with Crippen LogP contribution in [0.3, 0.4) is 0 Å². The Morgan fingerprint density at radius 3 is 2.50 bits per heavy atom. The lowest BCUT2D eigenvalue weighted by molar-refractivity contribution is -0.144. The summed E-state index contributed by atoms with van der Waals surface area (Å²) in [7, 11) is 0. The van der Waals surface area contributed by atoms with Crippen molar-refractivity contribution in [3.63, 3.8) is 0 Å². The zero-order valence-electron chi connectivity index (χ0n) is 8.65. The van der Waals surface area contributed by atoms with E-state index in [1.807, 2.05) is 11.8 Å². The summed E-state index contributed by atoms with van der Waals surface area (Å²) in [6.45, 7) is 3.29. The lowest BCUT2D eigenvalue weighted by atomic mass is 10.1. The third-order valence-corrected chi connectivity index (χ3v) is 2.61. The number of aliphatic hydroxyl groups is 1. The topological polar surface area (TPSA) is 60.8 Å². The molecule has 0 spiro atoms. The Morgan fingerprint density at radius 2 is 2.14 bits per heavy atom. The van der Waals surface area contributed by atoms with E-state index in [4.69, 9.17) is 10.2 Å². The molecule has 0 radical (unpaired) electrons. The van der Waals surface area contributed by atoms with E-state index in [0.29, 0.717) is 12.5 Å². The highest BCUT2D eigenvalue weighted by atomic mass is 16.4. The molecule has 4 nitrogen and oxygen atoms in total. The molecule has 1 fully saturated rings. The van der Waals surface area contributed by atoms with Crippen LogP contribution < -0.4 is 0 Å². The maximum atomic E-state index is 11.0. The van der Waals surface area contributed by atoms with Gasteiger partial charge < -0.3 is 10.2 Å². The largest absolute Gasteiger partial charge is 0.480 e. The second-order valence-corrected chi connectivity index (χ2v) is 3.88. The van der Waals surface area contributed by atoms with Gasteiger partial charge >= 0.3 is 5.97 Å². The number of carboxylic acid groups (broad SMARTS) is 1. The first kappa shape index (κ1) is 11.5. The van der Waals surface area contributed by atoms with Gasteiger partial charge in [0.15, 0.2) is 0 Å². The number of aliphatic carboxylic acids is 1. The lowest BCUT2D eigenvalue weighted by Crippen LogP contribution is -2.44. The van der Waals surface area contributed by atoms with Crippen LogP contribution in [0.4, 0.5) is 0 Å². The first-order valence-electron chi connectivity index (χ1n) is 5.28. The Balaban J connectivity index is 2.55. The van der Waals surface area contributed by atoms with Gasteiger partial charge in [0.25, 0.3) is 0 Å². The smallest absolute Gasteiger partial charge is 0.321 e. The minimum absolute atomic E-state index is 0.0382. The Bertz CT molecular complexity index is 186. The summed E-state index contributed by atoms with van der Waals surface area (Å²) in [4.78, 5) is 12.9. The second-order valence-electron chi connectivity index (χ2n) is 3.88. The molecule has 1 aliphatic carbocycles. The number of carbonyl (C=O) groups is 1. The van der Waals surface area contributed by atoms with Gasteiger partial charge in [0.2, 0.25) is 0 Å². The van der Waals surface area contributed by atoms with Crippen LogP contribution in [0.25, 0.3) is 0 Å². The molecule has 1 aliphatic rings. The molecule has 0 aromatic heterocycles. The average Bonchev–Trinajstić information content (AvgIpc) is 2.89. The maximum Gasteiger partial charge on any atom is 0.321 e. The fourth-order valence-corrected chi connectivity index (χ4v) is 1.87. The van der Waals surface area contributed by atoms with Crippen molar-refractivity contribution in [2.75, 3.05) is 19.7 Å². The van der Waals surface area contributed by atoms with E-state index in [1.54, 1.807) is 0 Å². The quantitative estimate of drug-likeness (QED) is 0.631. The van der Waals surface area contributed by atoms with Crippen molar-refractivity contribution in [3.05, 3.63) is 0 Å². The summed E-state index contributed by atoms with van der Waals surface area (Å²) in [6.07, 6.45) is 2.96. The highest BCUT2D eigenvalue weighted by Gasteiger charge is 2.39. The minimum Gasteiger partial charge on any atom is -0.480 e. The molecule has 0 amide bonds. The lowest BCUT2D eigenvalue weighted by Gasteiger charge is -2.27. The molecule has 2 N–H and O–H groups in total. The van der Waals surface area contributed by atoms with Crippen molar-refractivity contribution in [2.45, 2.75) is 32.2 Å². The van der Waals surface area contributed by atoms with E-state index in [-0.39, 0.29) is 12.6 Å². The highest BCUT2D eigenvalue weighted by Crippen LogP contribution is 2.35. The van der Waals surface area contributed by atoms with Crippen LogP contribution in [-0.2, 0) is 4.79 Å². The molecule has 4 heteroatoms. The summed E-state index contributed by atoms with van der Waals surface area (Å²) in [5.41, 5.74) is 0. The van der Waals surface area contributed by atoms with Gasteiger partial charge in [0.1, 0.15) is 6.04 Å². The predicted octanol–water partition coefficient (Wildman–Crippen LogP) is 0.554. The van der Waals surface area contributed by atoms with Crippen LogP contribution in [0.15, 0.2) is 0 Å². The molecule has 1 unspecified atom stereocenters. The van der Waals surface area contributed by atoms with Gasteiger partial charge in [-0.3, -0.25) is 9.69 Å². The van der Waals surface area contributed by atoms with Crippen LogP contribution in [0, 0.1) is 5.92 Å². The number of hydrogen-bond acceptors (Lipinski definition) is 3. The zero-order valence-corrected chi connectivity index (χ0v) is 8.65. The van der Waals surface area contributed by atoms with Crippen molar-refractivity contribution in [1.82, 2.24) is 4.90 Å². The van der Waals surface area contributed by atoms with E-state index in [0.717, 1.165) is 25.8 Å². The van der Waals surface area contributed by atoms with Crippen LogP contribution >= 0.6 is 0 Å². The monoisotopic (exact) mass is 201 g/mol. The Labute approximate surface area is 84.5 Å². The molecular weight excluding hydrogens is 182 g/mol. The highest BCUT2D eigenvalue weighted by molar-refractivity contribution is 5.74. The maximum absolute atomic E-state index is 11.0. The third kappa shape index (κ3) is 2.96. The van der Waals surface area contributed by atoms with Gasteiger partial charge in [0, 0.05) is 6.54 Å². The summed E-state index contributed by atoms with van der Waals surface area (Å²) in [6, 6.07) is -0.373. The van der Waals surface area contributed by atoms with E-state index < -0.39 is 5.97 Å². The molecule has 0 heterocycles. The normalized spacial score (nSPS) is 18.5. The average molecular weight is 201 g/mol. The Kier molecular flexibility index (Phi) is 4.35. The molecule has 1 saturated carbocycles. The van der Waals surface area contributed by atoms with Gasteiger partial charge in [-0.2, -0.15) is 0 Å². The summed E-state index contributed by atoms with van der Waals surface area (Å²) in [5.74, 6) is -0.431. The molecule has 0 bridgehead atoms. The van der Waals surface area contributed by atoms with Gasteiger partial charge in [-0.05, 0) is 31.7 Å². The van der Waals surface area contributed by atoms with Crippen LogP contribution in [0.1, 0.15) is 26.2 Å². The number of aliphatic hydroxyl groups excluding tert-OH is 1. The number of hydrogen-bond donors (Lipinski definition) is 2. The van der Waals surface area contributed by atoms with Crippen molar-refractivity contribution < 1.29 is 15.0 Å². The molecule has 0 saturated heterocycles. The summed E-state index contributed by atoms with van der Waals surface area (Å²) >= 11 is 0. The Morgan fingerprint density at radius 1 is 1.50 bits per heavy atom. The molecule has 0 aromatic rings. The standard InChI is InChI=1S/C10H19NO3/c1-2-5-11(6-7-12)9(10(13)14)8-3-4-8/h8-9,12H,2-7H2,1H3,(H,13,14). The van der Waals surface area contributed by atoms with Gasteiger partial charge in [0.05, 0.1) is 6.61 Å². The summed E-state index contributed by atoms with van der Waals surface area (Å²) < 4.78 is 0. The Hall–Kier alpha value is -0.610. The predicted molar refractivity (Wildman–Crippen MR) is 53.1 cm³/mol. The van der Waals surface area contributed by atoms with Crippen LogP contribution in [0.5, 0.6) is 0 Å². The fraction of sp³-hybridized carbons (Fsp3) is 0.900. The van der Waals surface area contributed by atoms with Crippen molar-refractivity contribution in [2.24, 2.45) is 5.92 Å². The molecule has 1 atom stereocenters. The first-order chi connectivity index (χ1) is 6.70. The SMILES string of the molecule is CCCN(CCO)C(C(=O)O)C1CC1. The van der Waals surface area contributed by atoms with Crippen molar-refractivity contribution in [3.8, 4) is 0 Å². The first-order valence-corrected chi connectivity index (χ1v) is 5.28. The molecule has 0 aromatic carbocycles. The number of carboxylic acids is 1. The van der Waals surface area contributed by atoms with Gasteiger partial charge in [-0.15, -0.1) is 0 Å². The third-order valence-electron chi connectivity index (χ3n) is 2.61. The van der Waals surface area contributed by atoms with E-state index in [9.17, 15) is 4.79 Å². The van der Waals surface area contributed by atoms with E-state index in [2.05, 4.69) is 0 Å². The summed E-state index contributed by atoms with van der Waals surface area (Å²) in [5, 5.41) is 17.9. The zero-order chi connectivity index (χ0) is 10.6. The van der Waals surface area contributed by atoms with Gasteiger partial charge in [-0.25, -0.2) is 0 Å². The van der Waals surface area contributed by atoms with Crippen LogP contribution in [0.2, 0.25) is 0 Å². The van der Waals surface area contributed by atoms with Crippen molar-refractivity contribution in [1.29, 1.82) is 0 Å². The second kappa shape index (κ2) is 5.32. The molecule has 82 valence electrons. The fourth-order valence-electron chi connectivity index (χ4n) is 1.87. The number of nitrogens with zero attached hydrogens (tertiary/aromatic N) is 1. The molecular formula is C10H19NO3. The van der Waals surface area contributed by atoms with Crippen LogP contribution in [-0.4, -0.2) is 46.8 Å². The molecule has 0 aliphatic heterocycles. The number of rotatable bonds is 7. The van der Waals surface area contributed by atoms with Crippen molar-refractivity contribution >= 4 is 5.97 Å².